The van der Waals surface area contributed by atoms with Gasteiger partial charge in [0.15, 0.2) is 11.9 Å². The Bertz CT molecular complexity index is 1550. The van der Waals surface area contributed by atoms with Crippen molar-refractivity contribution in [1.29, 1.82) is 0 Å². The van der Waals surface area contributed by atoms with Crippen molar-refractivity contribution < 1.29 is 53.4 Å². The Morgan fingerprint density at radius 3 is 2.22 bits per heavy atom. The van der Waals surface area contributed by atoms with Gasteiger partial charge in [-0.05, 0) is 97.2 Å². The largest absolute Gasteiger partial charge is 0.505 e. The van der Waals surface area contributed by atoms with Crippen LogP contribution in [-0.2, 0) is 38.1 Å². The summed E-state index contributed by atoms with van der Waals surface area (Å²) in [5.41, 5.74) is -0.465. The molecule has 13 atom stereocenters. The number of hydrogen-bond acceptors (Lipinski definition) is 11. The van der Waals surface area contributed by atoms with E-state index in [4.69, 9.17) is 18.9 Å². The van der Waals surface area contributed by atoms with Gasteiger partial charge in [-0.15, -0.1) is 0 Å². The molecule has 0 spiro atoms. The van der Waals surface area contributed by atoms with Crippen LogP contribution in [0.2, 0.25) is 0 Å². The second kappa shape index (κ2) is 12.5. The minimum Gasteiger partial charge on any atom is -0.505 e. The number of fused-ring (bicyclic) bond motifs is 7. The van der Waals surface area contributed by atoms with Crippen LogP contribution >= 0.6 is 0 Å². The molecule has 0 aromatic rings. The average Bonchev–Trinajstić information content (AvgIpc) is 3.30. The van der Waals surface area contributed by atoms with Crippen LogP contribution in [0, 0.1) is 56.7 Å². The highest BCUT2D eigenvalue weighted by Crippen LogP contribution is 2.76. The molecule has 6 rings (SSSR count). The van der Waals surface area contributed by atoms with Gasteiger partial charge in [0.05, 0.1) is 5.41 Å². The fourth-order valence-electron chi connectivity index (χ4n) is 12.8. The van der Waals surface area contributed by atoms with Gasteiger partial charge in [0.25, 0.3) is 0 Å². The average molecular weight is 715 g/mol. The highest BCUT2D eigenvalue weighted by Gasteiger charge is 2.71. The van der Waals surface area contributed by atoms with Crippen LogP contribution in [-0.4, -0.2) is 70.2 Å². The van der Waals surface area contributed by atoms with E-state index in [-0.39, 0.29) is 57.8 Å². The van der Waals surface area contributed by atoms with E-state index < -0.39 is 59.3 Å². The molecule has 0 aromatic heterocycles. The minimum atomic E-state index is -1.54. The van der Waals surface area contributed by atoms with Crippen LogP contribution in [0.25, 0.3) is 0 Å². The molecule has 11 heteroatoms. The number of carbonyl (C=O) groups is 4. The Kier molecular flexibility index (Phi) is 9.24. The Labute approximate surface area is 301 Å². The second-order valence-corrected chi connectivity index (χ2v) is 18.2. The SMILES string of the molecule is CC(=O)O[C@@H]1C[C@@]2(C)C(CC[C@]3(C)C2CC=C2[C@@H]4[C@@H](C)[C@H](C)CC[C@]4(C(=O)OC[C@H](O)C4OC(=O)C(O)=C4O)CC[C@]23C)C(C)(C)[C@H]1OC(C)=O. The van der Waals surface area contributed by atoms with Crippen LogP contribution in [0.4, 0.5) is 0 Å². The van der Waals surface area contributed by atoms with E-state index in [0.29, 0.717) is 25.2 Å². The molecule has 0 bridgehead atoms. The van der Waals surface area contributed by atoms with Crippen molar-refractivity contribution in [1.82, 2.24) is 0 Å². The summed E-state index contributed by atoms with van der Waals surface area (Å²) < 4.78 is 22.7. The molecular formula is C40H58O11. The van der Waals surface area contributed by atoms with Crippen LogP contribution < -0.4 is 0 Å². The van der Waals surface area contributed by atoms with E-state index in [1.165, 1.54) is 19.4 Å². The van der Waals surface area contributed by atoms with Crippen LogP contribution in [0.1, 0.15) is 114 Å². The molecule has 0 amide bonds. The summed E-state index contributed by atoms with van der Waals surface area (Å²) in [5.74, 6) is -3.01. The van der Waals surface area contributed by atoms with Gasteiger partial charge in [0.2, 0.25) is 5.76 Å². The van der Waals surface area contributed by atoms with Crippen molar-refractivity contribution >= 4 is 23.9 Å². The summed E-state index contributed by atoms with van der Waals surface area (Å²) in [5, 5.41) is 30.5. The summed E-state index contributed by atoms with van der Waals surface area (Å²) in [6.45, 7) is 18.4. The topological polar surface area (TPSA) is 166 Å². The molecule has 5 aliphatic carbocycles. The zero-order valence-electron chi connectivity index (χ0n) is 31.7. The number of ether oxygens (including phenoxy) is 4. The summed E-state index contributed by atoms with van der Waals surface area (Å²) in [7, 11) is 0. The smallest absolute Gasteiger partial charge is 0.377 e. The lowest BCUT2D eigenvalue weighted by Crippen LogP contribution is -2.68. The molecule has 3 N–H and O–H groups in total. The number of hydrogen-bond donors (Lipinski definition) is 3. The summed E-state index contributed by atoms with van der Waals surface area (Å²) >= 11 is 0. The van der Waals surface area contributed by atoms with Gasteiger partial charge in [-0.3, -0.25) is 14.4 Å². The van der Waals surface area contributed by atoms with Gasteiger partial charge in [-0.2, -0.15) is 0 Å². The van der Waals surface area contributed by atoms with Crippen LogP contribution in [0.15, 0.2) is 23.2 Å². The zero-order valence-corrected chi connectivity index (χ0v) is 31.7. The Hall–Kier alpha value is -3.08. The molecule has 0 saturated heterocycles. The highest BCUT2D eigenvalue weighted by molar-refractivity contribution is 5.89. The number of aliphatic hydroxyl groups excluding tert-OH is 3. The number of rotatable bonds is 6. The van der Waals surface area contributed by atoms with E-state index in [0.717, 1.165) is 32.1 Å². The monoisotopic (exact) mass is 714 g/mol. The van der Waals surface area contributed by atoms with Gasteiger partial charge < -0.3 is 34.3 Å². The van der Waals surface area contributed by atoms with E-state index in [2.05, 4.69) is 54.5 Å². The molecule has 284 valence electrons. The number of aliphatic hydroxyl groups is 3. The van der Waals surface area contributed by atoms with E-state index >= 15 is 0 Å². The van der Waals surface area contributed by atoms with Gasteiger partial charge in [-0.1, -0.05) is 60.1 Å². The third-order valence-corrected chi connectivity index (χ3v) is 15.6. The lowest BCUT2D eigenvalue weighted by molar-refractivity contribution is -0.244. The van der Waals surface area contributed by atoms with Crippen molar-refractivity contribution in [2.45, 2.75) is 138 Å². The molecule has 4 fully saturated rings. The first-order chi connectivity index (χ1) is 23.7. The molecule has 0 aromatic carbocycles. The van der Waals surface area contributed by atoms with Gasteiger partial charge in [-0.25, -0.2) is 4.79 Å². The predicted octanol–water partition coefficient (Wildman–Crippen LogP) is 6.27. The van der Waals surface area contributed by atoms with E-state index in [1.54, 1.807) is 0 Å². The lowest BCUT2D eigenvalue weighted by Gasteiger charge is -2.71. The third-order valence-electron chi connectivity index (χ3n) is 15.6. The quantitative estimate of drug-likeness (QED) is 0.161. The Morgan fingerprint density at radius 1 is 0.941 bits per heavy atom. The molecule has 1 aliphatic heterocycles. The first-order valence-electron chi connectivity index (χ1n) is 18.9. The fourth-order valence-corrected chi connectivity index (χ4v) is 12.8. The summed E-state index contributed by atoms with van der Waals surface area (Å²) in [6.07, 6.45) is 4.57. The Balaban J connectivity index is 1.33. The molecule has 3 unspecified atom stereocenters. The molecule has 4 saturated carbocycles. The number of allylic oxidation sites excluding steroid dienone is 2. The first-order valence-corrected chi connectivity index (χ1v) is 18.9. The maximum atomic E-state index is 14.3. The lowest BCUT2D eigenvalue weighted by atomic mass is 9.33. The number of carbonyl (C=O) groups excluding carboxylic acids is 4. The predicted molar refractivity (Wildman–Crippen MR) is 185 cm³/mol. The highest BCUT2D eigenvalue weighted by atomic mass is 16.6. The summed E-state index contributed by atoms with van der Waals surface area (Å²) in [4.78, 5) is 50.8. The van der Waals surface area contributed by atoms with Crippen molar-refractivity contribution in [2.24, 2.45) is 56.7 Å². The van der Waals surface area contributed by atoms with Crippen molar-refractivity contribution in [3.8, 4) is 0 Å². The first kappa shape index (κ1) is 37.7. The van der Waals surface area contributed by atoms with Crippen molar-refractivity contribution in [3.05, 3.63) is 23.2 Å². The molecule has 1 heterocycles. The number of esters is 4. The Morgan fingerprint density at radius 2 is 1.61 bits per heavy atom. The van der Waals surface area contributed by atoms with E-state index in [1.807, 2.05) is 0 Å². The van der Waals surface area contributed by atoms with Crippen LogP contribution in [0.5, 0.6) is 0 Å². The maximum Gasteiger partial charge on any atom is 0.377 e. The maximum absolute atomic E-state index is 14.3. The molecule has 51 heavy (non-hydrogen) atoms. The third kappa shape index (κ3) is 5.44. The van der Waals surface area contributed by atoms with Crippen molar-refractivity contribution in [3.63, 3.8) is 0 Å². The van der Waals surface area contributed by atoms with Crippen LogP contribution in [0.3, 0.4) is 0 Å². The second-order valence-electron chi connectivity index (χ2n) is 18.2. The van der Waals surface area contributed by atoms with Gasteiger partial charge >= 0.3 is 23.9 Å². The molecule has 0 radical (unpaired) electrons. The summed E-state index contributed by atoms with van der Waals surface area (Å²) in [6, 6.07) is 0. The van der Waals surface area contributed by atoms with Gasteiger partial charge in [0, 0.05) is 19.3 Å². The molecule has 11 nitrogen and oxygen atoms in total. The molecule has 6 aliphatic rings. The fraction of sp³-hybridized carbons (Fsp3) is 0.800. The van der Waals surface area contributed by atoms with Crippen molar-refractivity contribution in [2.75, 3.05) is 6.61 Å². The zero-order chi connectivity index (χ0) is 37.6. The normalized spacial score (nSPS) is 44.7. The standard InChI is InChI=1S/C40H58O11/c1-20-12-15-40(35(47)48-19-25(43)32-30(44)31(45)34(46)51-32)17-16-38(8)24(29(40)21(20)2)10-11-28-37(7)18-26(49-22(3)41)33(50-23(4)42)36(5,6)27(37)13-14-39(28,38)9/h10,20-21,25-29,32-33,43-45H,11-19H2,1-9H3/t20-,21+,25+,26-,27?,28?,29+,32?,33+,37+,38-,39-,40+/m1/s1. The minimum absolute atomic E-state index is 0.0699. The molecular weight excluding hydrogens is 656 g/mol. The number of cyclic esters (lactones) is 1. The van der Waals surface area contributed by atoms with E-state index in [9.17, 15) is 34.5 Å². The van der Waals surface area contributed by atoms with Gasteiger partial charge in [0.1, 0.15) is 24.9 Å².